The number of anilines is 1. The highest BCUT2D eigenvalue weighted by Gasteiger charge is 2.21. The van der Waals surface area contributed by atoms with E-state index in [1.54, 1.807) is 12.1 Å². The number of nitrogens with zero attached hydrogens (tertiary/aromatic N) is 2. The van der Waals surface area contributed by atoms with Gasteiger partial charge in [0, 0.05) is 9.90 Å². The van der Waals surface area contributed by atoms with Crippen molar-refractivity contribution in [1.29, 1.82) is 0 Å². The van der Waals surface area contributed by atoms with Gasteiger partial charge in [-0.1, -0.05) is 17.7 Å². The third kappa shape index (κ3) is 5.29. The number of hydrogen-bond acceptors (Lipinski definition) is 5. The summed E-state index contributed by atoms with van der Waals surface area (Å²) >= 11 is 7.55. The number of amides is 1. The number of hydrazone groups is 1. The second kappa shape index (κ2) is 7.99. The highest BCUT2D eigenvalue weighted by Crippen LogP contribution is 2.24. The molecule has 0 saturated carbocycles. The maximum atomic E-state index is 12.1. The zero-order valence-corrected chi connectivity index (χ0v) is 16.4. The number of aryl methyl sites for hydroxylation is 2. The number of carbonyl (C=O) groups excluding carboxylic acids is 1. The molecule has 1 heterocycles. The number of nitrogens with one attached hydrogen (secondary N) is 1. The van der Waals surface area contributed by atoms with Crippen LogP contribution in [0.25, 0.3) is 0 Å². The molecule has 0 saturated heterocycles. The van der Waals surface area contributed by atoms with Gasteiger partial charge in [0.1, 0.15) is 6.54 Å². The van der Waals surface area contributed by atoms with Crippen LogP contribution in [0.5, 0.6) is 0 Å². The number of thiophene rings is 1. The standard InChI is InChI=1S/C16H18ClN3O3S2/c1-11-4-5-13(8-14(11)17)20(25(3,22)23)10-16(21)19-18-9-15-12(2)6-7-24-15/h4-9H,10H2,1-3H3,(H,19,21)/b18-9-. The molecule has 0 radical (unpaired) electrons. The Labute approximate surface area is 156 Å². The van der Waals surface area contributed by atoms with E-state index in [0.717, 1.165) is 26.6 Å². The topological polar surface area (TPSA) is 78.8 Å². The normalized spacial score (nSPS) is 11.7. The summed E-state index contributed by atoms with van der Waals surface area (Å²) in [6, 6.07) is 6.77. The van der Waals surface area contributed by atoms with Crippen LogP contribution < -0.4 is 9.73 Å². The van der Waals surface area contributed by atoms with Crippen molar-refractivity contribution >= 4 is 50.8 Å². The molecule has 0 aliphatic heterocycles. The van der Waals surface area contributed by atoms with Crippen molar-refractivity contribution in [2.75, 3.05) is 17.1 Å². The van der Waals surface area contributed by atoms with Crippen LogP contribution in [0.15, 0.2) is 34.7 Å². The summed E-state index contributed by atoms with van der Waals surface area (Å²) in [6.07, 6.45) is 2.57. The maximum absolute atomic E-state index is 12.1. The maximum Gasteiger partial charge on any atom is 0.260 e. The van der Waals surface area contributed by atoms with Crippen LogP contribution in [0.2, 0.25) is 5.02 Å². The Bertz CT molecular complexity index is 907. The van der Waals surface area contributed by atoms with E-state index in [9.17, 15) is 13.2 Å². The van der Waals surface area contributed by atoms with Crippen LogP contribution in [0, 0.1) is 13.8 Å². The van der Waals surface area contributed by atoms with E-state index < -0.39 is 15.9 Å². The molecule has 134 valence electrons. The molecule has 1 N–H and O–H groups in total. The fourth-order valence-electron chi connectivity index (χ4n) is 1.98. The third-order valence-corrected chi connectivity index (χ3v) is 5.90. The lowest BCUT2D eigenvalue weighted by molar-refractivity contribution is -0.119. The molecule has 0 unspecified atom stereocenters. The SMILES string of the molecule is Cc1ccc(N(CC(=O)N/N=C\c2sccc2C)S(C)(=O)=O)cc1Cl. The van der Waals surface area contributed by atoms with Crippen LogP contribution in [0.3, 0.4) is 0 Å². The average Bonchev–Trinajstić information content (AvgIpc) is 2.92. The second-order valence-corrected chi connectivity index (χ2v) is 8.73. The molecule has 0 spiro atoms. The van der Waals surface area contributed by atoms with Crippen LogP contribution in [-0.2, 0) is 14.8 Å². The van der Waals surface area contributed by atoms with Crippen LogP contribution in [0.4, 0.5) is 5.69 Å². The Balaban J connectivity index is 2.12. The largest absolute Gasteiger partial charge is 0.271 e. The van der Waals surface area contributed by atoms with E-state index in [2.05, 4.69) is 10.5 Å². The van der Waals surface area contributed by atoms with E-state index in [0.29, 0.717) is 10.7 Å². The van der Waals surface area contributed by atoms with Crippen molar-refractivity contribution in [3.8, 4) is 0 Å². The van der Waals surface area contributed by atoms with E-state index >= 15 is 0 Å². The summed E-state index contributed by atoms with van der Waals surface area (Å²) < 4.78 is 25.1. The first-order chi connectivity index (χ1) is 11.7. The Morgan fingerprint density at radius 2 is 2.04 bits per heavy atom. The fraction of sp³-hybridized carbons (Fsp3) is 0.250. The molecule has 0 bridgehead atoms. The molecular formula is C16H18ClN3O3S2. The lowest BCUT2D eigenvalue weighted by atomic mass is 10.2. The van der Waals surface area contributed by atoms with E-state index in [-0.39, 0.29) is 6.54 Å². The molecule has 0 fully saturated rings. The average molecular weight is 400 g/mol. The predicted molar refractivity (Wildman–Crippen MR) is 103 cm³/mol. The molecule has 2 aromatic rings. The van der Waals surface area contributed by atoms with Gasteiger partial charge in [-0.2, -0.15) is 5.10 Å². The molecule has 25 heavy (non-hydrogen) atoms. The zero-order valence-electron chi connectivity index (χ0n) is 14.0. The van der Waals surface area contributed by atoms with Crippen molar-refractivity contribution in [1.82, 2.24) is 5.43 Å². The van der Waals surface area contributed by atoms with E-state index in [4.69, 9.17) is 11.6 Å². The Morgan fingerprint density at radius 3 is 2.60 bits per heavy atom. The summed E-state index contributed by atoms with van der Waals surface area (Å²) in [7, 11) is -3.65. The predicted octanol–water partition coefficient (Wildman–Crippen LogP) is 2.93. The van der Waals surface area contributed by atoms with Crippen LogP contribution >= 0.6 is 22.9 Å². The first-order valence-corrected chi connectivity index (χ1v) is 10.4. The Morgan fingerprint density at radius 1 is 1.32 bits per heavy atom. The molecule has 0 aliphatic carbocycles. The van der Waals surface area contributed by atoms with Gasteiger partial charge >= 0.3 is 0 Å². The summed E-state index contributed by atoms with van der Waals surface area (Å²) in [5.41, 5.74) is 4.54. The van der Waals surface area contributed by atoms with Gasteiger partial charge in [-0.3, -0.25) is 9.10 Å². The summed E-state index contributed by atoms with van der Waals surface area (Å²) in [6.45, 7) is 3.36. The van der Waals surface area contributed by atoms with Gasteiger partial charge in [-0.15, -0.1) is 11.3 Å². The number of sulfonamides is 1. The number of benzene rings is 1. The van der Waals surface area contributed by atoms with Gasteiger partial charge in [0.05, 0.1) is 18.2 Å². The second-order valence-electron chi connectivity index (χ2n) is 5.46. The highest BCUT2D eigenvalue weighted by atomic mass is 35.5. The van der Waals surface area contributed by atoms with Gasteiger partial charge in [-0.05, 0) is 48.6 Å². The lowest BCUT2D eigenvalue weighted by Crippen LogP contribution is -2.39. The molecule has 2 rings (SSSR count). The molecule has 1 aromatic carbocycles. The van der Waals surface area contributed by atoms with Crippen molar-refractivity contribution < 1.29 is 13.2 Å². The Kier molecular flexibility index (Phi) is 6.21. The van der Waals surface area contributed by atoms with Crippen molar-refractivity contribution in [2.45, 2.75) is 13.8 Å². The molecule has 6 nitrogen and oxygen atoms in total. The minimum atomic E-state index is -3.65. The van der Waals surface area contributed by atoms with Gasteiger partial charge < -0.3 is 0 Å². The first kappa shape index (κ1) is 19.4. The highest BCUT2D eigenvalue weighted by molar-refractivity contribution is 7.92. The van der Waals surface area contributed by atoms with E-state index in [1.807, 2.05) is 25.3 Å². The van der Waals surface area contributed by atoms with Crippen LogP contribution in [-0.4, -0.2) is 33.3 Å². The van der Waals surface area contributed by atoms with Gasteiger partial charge in [0.15, 0.2) is 0 Å². The molecule has 1 aromatic heterocycles. The molecular weight excluding hydrogens is 382 g/mol. The molecule has 0 atom stereocenters. The van der Waals surface area contributed by atoms with Crippen molar-refractivity contribution in [3.63, 3.8) is 0 Å². The summed E-state index contributed by atoms with van der Waals surface area (Å²) in [5, 5.41) is 6.22. The number of carbonyl (C=O) groups is 1. The van der Waals surface area contributed by atoms with Gasteiger partial charge in [-0.25, -0.2) is 13.8 Å². The van der Waals surface area contributed by atoms with E-state index in [1.165, 1.54) is 23.6 Å². The lowest BCUT2D eigenvalue weighted by Gasteiger charge is -2.21. The minimum absolute atomic E-state index is 0.325. The summed E-state index contributed by atoms with van der Waals surface area (Å²) in [4.78, 5) is 13.0. The number of rotatable bonds is 6. The first-order valence-electron chi connectivity index (χ1n) is 7.28. The van der Waals surface area contributed by atoms with Crippen LogP contribution in [0.1, 0.15) is 16.0 Å². The Hall–Kier alpha value is -1.90. The molecule has 0 aliphatic rings. The summed E-state index contributed by atoms with van der Waals surface area (Å²) in [5.74, 6) is -0.549. The van der Waals surface area contributed by atoms with Crippen molar-refractivity contribution in [2.24, 2.45) is 5.10 Å². The van der Waals surface area contributed by atoms with Crippen molar-refractivity contribution in [3.05, 3.63) is 50.7 Å². The monoisotopic (exact) mass is 399 g/mol. The smallest absolute Gasteiger partial charge is 0.260 e. The minimum Gasteiger partial charge on any atom is -0.271 e. The molecule has 9 heteroatoms. The quantitative estimate of drug-likeness (QED) is 0.599. The van der Waals surface area contributed by atoms with Gasteiger partial charge in [0.25, 0.3) is 5.91 Å². The number of halogens is 1. The number of hydrogen-bond donors (Lipinski definition) is 1. The zero-order chi connectivity index (χ0) is 18.6. The third-order valence-electron chi connectivity index (χ3n) is 3.40. The fourth-order valence-corrected chi connectivity index (χ4v) is 3.79. The van der Waals surface area contributed by atoms with Gasteiger partial charge in [0.2, 0.25) is 10.0 Å². The molecule has 1 amide bonds.